The number of rotatable bonds is 7. The van der Waals surface area contributed by atoms with Gasteiger partial charge >= 0.3 is 0 Å². The Labute approximate surface area is 192 Å². The minimum Gasteiger partial charge on any atom is -0.495 e. The van der Waals surface area contributed by atoms with Crippen molar-refractivity contribution in [3.05, 3.63) is 59.4 Å². The summed E-state index contributed by atoms with van der Waals surface area (Å²) in [5.74, 6) is 1.64. The molecule has 1 rings (SSSR count). The first-order valence-electron chi connectivity index (χ1n) is 12.0. The first kappa shape index (κ1) is 27.2. The molecule has 0 aromatic rings. The van der Waals surface area contributed by atoms with Gasteiger partial charge in [0.2, 0.25) is 0 Å². The number of carbonyl (C=O) groups is 1. The van der Waals surface area contributed by atoms with Gasteiger partial charge in [-0.15, -0.1) is 0 Å². The molecule has 0 radical (unpaired) electrons. The van der Waals surface area contributed by atoms with Gasteiger partial charge in [-0.25, -0.2) is 0 Å². The van der Waals surface area contributed by atoms with Crippen LogP contribution in [0.15, 0.2) is 59.4 Å². The van der Waals surface area contributed by atoms with Gasteiger partial charge in [0.05, 0.1) is 5.76 Å². The Morgan fingerprint density at radius 3 is 2.58 bits per heavy atom. The smallest absolute Gasteiger partial charge is 0.130 e. The van der Waals surface area contributed by atoms with Crippen molar-refractivity contribution in [2.45, 2.75) is 105 Å². The molecule has 1 aliphatic rings. The van der Waals surface area contributed by atoms with Crippen LogP contribution in [0.5, 0.6) is 0 Å². The lowest BCUT2D eigenvalue weighted by Gasteiger charge is -2.28. The molecule has 3 unspecified atom stereocenters. The molecule has 0 aliphatic carbocycles. The molecule has 0 amide bonds. The van der Waals surface area contributed by atoms with Gasteiger partial charge in [0.15, 0.2) is 0 Å². The van der Waals surface area contributed by atoms with Crippen LogP contribution in [0.1, 0.15) is 99.3 Å². The molecule has 2 nitrogen and oxygen atoms in total. The average Bonchev–Trinajstić information content (AvgIpc) is 2.66. The van der Waals surface area contributed by atoms with Crippen LogP contribution in [-0.2, 0) is 9.53 Å². The van der Waals surface area contributed by atoms with Crippen molar-refractivity contribution in [1.82, 2.24) is 0 Å². The molecule has 1 heterocycles. The summed E-state index contributed by atoms with van der Waals surface area (Å²) in [6.07, 6.45) is 15.8. The highest BCUT2D eigenvalue weighted by molar-refractivity contribution is 5.76. The maximum absolute atomic E-state index is 11.9. The second-order valence-corrected chi connectivity index (χ2v) is 9.88. The quantitative estimate of drug-likeness (QED) is 0.381. The Kier molecular flexibility index (Phi) is 12.5. The molecule has 0 aromatic carbocycles. The summed E-state index contributed by atoms with van der Waals surface area (Å²) in [5.41, 5.74) is 5.30. The molecule has 0 spiro atoms. The minimum atomic E-state index is 0.163. The molecule has 0 fully saturated rings. The summed E-state index contributed by atoms with van der Waals surface area (Å²) in [5, 5.41) is 0. The monoisotopic (exact) mass is 426 g/mol. The van der Waals surface area contributed by atoms with E-state index in [1.165, 1.54) is 28.7 Å². The maximum atomic E-state index is 11.9. The fourth-order valence-electron chi connectivity index (χ4n) is 4.29. The molecule has 31 heavy (non-hydrogen) atoms. The zero-order chi connectivity index (χ0) is 23.4. The van der Waals surface area contributed by atoms with Crippen molar-refractivity contribution >= 4 is 5.78 Å². The first-order valence-corrected chi connectivity index (χ1v) is 12.0. The van der Waals surface area contributed by atoms with E-state index < -0.39 is 0 Å². The van der Waals surface area contributed by atoms with Crippen LogP contribution in [0.25, 0.3) is 0 Å². The van der Waals surface area contributed by atoms with Crippen LogP contribution in [0.2, 0.25) is 0 Å². The third-order valence-corrected chi connectivity index (χ3v) is 6.24. The van der Waals surface area contributed by atoms with Gasteiger partial charge in [-0.2, -0.15) is 0 Å². The topological polar surface area (TPSA) is 26.3 Å². The molecule has 0 aromatic heterocycles. The maximum Gasteiger partial charge on any atom is 0.130 e. The van der Waals surface area contributed by atoms with E-state index in [2.05, 4.69) is 66.0 Å². The number of carbonyl (C=O) groups excluding carboxylic acids is 1. The van der Waals surface area contributed by atoms with E-state index in [1.54, 1.807) is 6.92 Å². The molecule has 0 bridgehead atoms. The lowest BCUT2D eigenvalue weighted by Crippen LogP contribution is -2.22. The van der Waals surface area contributed by atoms with E-state index in [9.17, 15) is 4.79 Å². The van der Waals surface area contributed by atoms with Crippen LogP contribution >= 0.6 is 0 Å². The number of allylic oxidation sites excluding steroid dienone is 8. The Bertz CT molecular complexity index is 704. The first-order chi connectivity index (χ1) is 14.6. The second kappa shape index (κ2) is 14.3. The average molecular weight is 427 g/mol. The highest BCUT2D eigenvalue weighted by atomic mass is 16.5. The number of ketones is 1. The molecule has 0 N–H and O–H groups in total. The van der Waals surface area contributed by atoms with Crippen molar-refractivity contribution in [1.29, 1.82) is 0 Å². The Balaban J connectivity index is 2.97. The van der Waals surface area contributed by atoms with Crippen molar-refractivity contribution in [2.24, 2.45) is 11.8 Å². The molecular weight excluding hydrogens is 380 g/mol. The number of hydrogen-bond acceptors (Lipinski definition) is 2. The lowest BCUT2D eigenvalue weighted by molar-refractivity contribution is -0.117. The van der Waals surface area contributed by atoms with E-state index in [1.807, 2.05) is 0 Å². The molecule has 174 valence electrons. The van der Waals surface area contributed by atoms with E-state index in [0.29, 0.717) is 12.3 Å². The van der Waals surface area contributed by atoms with Gasteiger partial charge in [0.1, 0.15) is 11.9 Å². The SMILES string of the molecule is C=C(C)C/C(C)=C/CC(C)C1CCCC/C(C)=C/C/C=C(/C)C(CC(C)=O)CC(=C)O1. The molecule has 3 atom stereocenters. The van der Waals surface area contributed by atoms with Crippen molar-refractivity contribution in [3.63, 3.8) is 0 Å². The Morgan fingerprint density at radius 1 is 1.23 bits per heavy atom. The zero-order valence-corrected chi connectivity index (χ0v) is 21.1. The lowest BCUT2D eigenvalue weighted by atomic mass is 9.89. The minimum absolute atomic E-state index is 0.163. The van der Waals surface area contributed by atoms with Gasteiger partial charge < -0.3 is 9.53 Å². The van der Waals surface area contributed by atoms with Gasteiger partial charge in [-0.3, -0.25) is 0 Å². The fourth-order valence-corrected chi connectivity index (χ4v) is 4.29. The normalized spacial score (nSPS) is 26.5. The van der Waals surface area contributed by atoms with Crippen LogP contribution in [-0.4, -0.2) is 11.9 Å². The number of hydrogen-bond donors (Lipinski definition) is 0. The molecule has 0 saturated carbocycles. The number of Topliss-reactive ketones (excluding diaryl/α,β-unsaturated/α-hetero) is 1. The Hall–Kier alpha value is -1.83. The van der Waals surface area contributed by atoms with E-state index in [4.69, 9.17) is 4.74 Å². The van der Waals surface area contributed by atoms with Gasteiger partial charge in [0.25, 0.3) is 0 Å². The molecule has 1 aliphatic heterocycles. The third-order valence-electron chi connectivity index (χ3n) is 6.24. The highest BCUT2D eigenvalue weighted by Gasteiger charge is 2.22. The summed E-state index contributed by atoms with van der Waals surface area (Å²) in [6.45, 7) is 20.9. The van der Waals surface area contributed by atoms with Crippen molar-refractivity contribution < 1.29 is 9.53 Å². The summed E-state index contributed by atoms with van der Waals surface area (Å²) < 4.78 is 6.46. The summed E-state index contributed by atoms with van der Waals surface area (Å²) in [4.78, 5) is 11.9. The van der Waals surface area contributed by atoms with Gasteiger partial charge in [-0.05, 0) is 91.4 Å². The second-order valence-electron chi connectivity index (χ2n) is 9.88. The van der Waals surface area contributed by atoms with Gasteiger partial charge in [-0.1, -0.05) is 60.6 Å². The third kappa shape index (κ3) is 12.0. The summed E-state index contributed by atoms with van der Waals surface area (Å²) in [6, 6.07) is 0. The van der Waals surface area contributed by atoms with E-state index in [0.717, 1.165) is 50.7 Å². The summed E-state index contributed by atoms with van der Waals surface area (Å²) >= 11 is 0. The predicted molar refractivity (Wildman–Crippen MR) is 135 cm³/mol. The van der Waals surface area contributed by atoms with Crippen molar-refractivity contribution in [2.75, 3.05) is 0 Å². The fraction of sp³-hybridized carbons (Fsp3) is 0.621. The van der Waals surface area contributed by atoms with E-state index >= 15 is 0 Å². The molecule has 0 saturated heterocycles. The van der Waals surface area contributed by atoms with Crippen LogP contribution in [0, 0.1) is 11.8 Å². The number of ether oxygens (including phenoxy) is 1. The highest BCUT2D eigenvalue weighted by Crippen LogP contribution is 2.29. The molecule has 2 heteroatoms. The largest absolute Gasteiger partial charge is 0.495 e. The predicted octanol–water partition coefficient (Wildman–Crippen LogP) is 8.67. The standard InChI is InChI=1S/C29H46O2/c1-21(2)18-23(4)16-17-25(6)29-15-10-9-12-22(3)13-11-14-24(5)28(19-26(7)30)20-27(8)31-29/h13-14,16,25,28-29H,1,8-12,15,17-20H2,2-7H3/b22-13+,23-16+,24-14-. The summed E-state index contributed by atoms with van der Waals surface area (Å²) in [7, 11) is 0. The van der Waals surface area contributed by atoms with Gasteiger partial charge in [0, 0.05) is 12.8 Å². The molecular formula is C29H46O2. The van der Waals surface area contributed by atoms with Crippen LogP contribution in [0.4, 0.5) is 0 Å². The zero-order valence-electron chi connectivity index (χ0n) is 21.1. The van der Waals surface area contributed by atoms with E-state index in [-0.39, 0.29) is 17.8 Å². The van der Waals surface area contributed by atoms with Crippen LogP contribution in [0.3, 0.4) is 0 Å². The van der Waals surface area contributed by atoms with Crippen LogP contribution < -0.4 is 0 Å². The Morgan fingerprint density at radius 2 is 1.94 bits per heavy atom. The van der Waals surface area contributed by atoms with Crippen molar-refractivity contribution in [3.8, 4) is 0 Å².